The van der Waals surface area contributed by atoms with Crippen molar-refractivity contribution in [3.05, 3.63) is 54.6 Å². The minimum Gasteiger partial charge on any atom is -0.372 e. The zero-order valence-electron chi connectivity index (χ0n) is 16.2. The molecule has 6 nitrogen and oxygen atoms in total. The monoisotopic (exact) mass is 401 g/mol. The number of carbonyl (C=O) groups excluding carboxylic acids is 1. The number of hydrogen-bond acceptors (Lipinski definition) is 4. The first kappa shape index (κ1) is 20.4. The molecule has 0 bridgehead atoms. The molecule has 7 heteroatoms. The summed E-state index contributed by atoms with van der Waals surface area (Å²) in [5.74, 6) is 0.0904. The Morgan fingerprint density at radius 2 is 1.79 bits per heavy atom. The number of nitrogens with zero attached hydrogens (tertiary/aromatic N) is 2. The second-order valence-electron chi connectivity index (χ2n) is 6.81. The van der Waals surface area contributed by atoms with Gasteiger partial charge in [0.2, 0.25) is 15.9 Å². The van der Waals surface area contributed by atoms with Crippen LogP contribution in [0.3, 0.4) is 0 Å². The predicted molar refractivity (Wildman–Crippen MR) is 112 cm³/mol. The molecular formula is C21H27N3O3S. The van der Waals surface area contributed by atoms with Crippen LogP contribution in [-0.4, -0.2) is 40.5 Å². The smallest absolute Gasteiger partial charge is 0.240 e. The van der Waals surface area contributed by atoms with Gasteiger partial charge in [0, 0.05) is 44.0 Å². The van der Waals surface area contributed by atoms with E-state index in [1.807, 2.05) is 18.2 Å². The van der Waals surface area contributed by atoms with Crippen molar-refractivity contribution in [3.63, 3.8) is 0 Å². The van der Waals surface area contributed by atoms with Crippen molar-refractivity contribution in [2.45, 2.75) is 31.1 Å². The van der Waals surface area contributed by atoms with Crippen LogP contribution in [0.25, 0.3) is 0 Å². The van der Waals surface area contributed by atoms with E-state index >= 15 is 0 Å². The van der Waals surface area contributed by atoms with Crippen LogP contribution in [0.2, 0.25) is 0 Å². The normalized spacial score (nSPS) is 14.5. The topological polar surface area (TPSA) is 69.7 Å². The van der Waals surface area contributed by atoms with E-state index in [1.165, 1.54) is 0 Å². The van der Waals surface area contributed by atoms with Crippen molar-refractivity contribution in [1.82, 2.24) is 4.72 Å². The van der Waals surface area contributed by atoms with Gasteiger partial charge in [-0.1, -0.05) is 18.2 Å². The Balaban J connectivity index is 1.53. The average Bonchev–Trinajstić information content (AvgIpc) is 3.15. The van der Waals surface area contributed by atoms with Crippen molar-refractivity contribution in [2.75, 3.05) is 36.0 Å². The maximum Gasteiger partial charge on any atom is 0.240 e. The Kier molecular flexibility index (Phi) is 6.70. The molecule has 2 aromatic rings. The number of sulfonamides is 1. The highest BCUT2D eigenvalue weighted by Gasteiger charge is 2.22. The molecule has 150 valence electrons. The van der Waals surface area contributed by atoms with Gasteiger partial charge in [-0.3, -0.25) is 4.79 Å². The zero-order chi connectivity index (χ0) is 20.0. The summed E-state index contributed by atoms with van der Waals surface area (Å²) in [5.41, 5.74) is 1.89. The molecule has 1 aliphatic rings. The molecule has 0 aromatic heterocycles. The van der Waals surface area contributed by atoms with E-state index in [0.29, 0.717) is 25.9 Å². The van der Waals surface area contributed by atoms with E-state index < -0.39 is 10.0 Å². The highest BCUT2D eigenvalue weighted by atomic mass is 32.2. The highest BCUT2D eigenvalue weighted by Crippen LogP contribution is 2.23. The van der Waals surface area contributed by atoms with Gasteiger partial charge in [-0.15, -0.1) is 0 Å². The summed E-state index contributed by atoms with van der Waals surface area (Å²) < 4.78 is 27.7. The number of anilines is 2. The maximum absolute atomic E-state index is 12.5. The van der Waals surface area contributed by atoms with Gasteiger partial charge in [-0.05, 0) is 56.2 Å². The predicted octanol–water partition coefficient (Wildman–Crippen LogP) is 3.01. The molecule has 0 atom stereocenters. The Morgan fingerprint density at radius 3 is 2.39 bits per heavy atom. The molecule has 0 saturated carbocycles. The fourth-order valence-electron chi connectivity index (χ4n) is 3.39. The van der Waals surface area contributed by atoms with Crippen molar-refractivity contribution in [2.24, 2.45) is 0 Å². The fourth-order valence-corrected chi connectivity index (χ4v) is 4.47. The van der Waals surface area contributed by atoms with Gasteiger partial charge < -0.3 is 9.80 Å². The van der Waals surface area contributed by atoms with Crippen molar-refractivity contribution in [1.29, 1.82) is 0 Å². The van der Waals surface area contributed by atoms with Crippen LogP contribution in [0, 0.1) is 0 Å². The number of rotatable bonds is 9. The van der Waals surface area contributed by atoms with Crippen LogP contribution in [0.1, 0.15) is 26.2 Å². The Labute approximate surface area is 167 Å². The molecule has 1 amide bonds. The van der Waals surface area contributed by atoms with E-state index in [2.05, 4.69) is 28.7 Å². The summed E-state index contributed by atoms with van der Waals surface area (Å²) >= 11 is 0. The van der Waals surface area contributed by atoms with Gasteiger partial charge in [0.25, 0.3) is 0 Å². The van der Waals surface area contributed by atoms with Gasteiger partial charge in [0.1, 0.15) is 0 Å². The maximum atomic E-state index is 12.5. The fraction of sp³-hybridized carbons (Fsp3) is 0.381. The van der Waals surface area contributed by atoms with Gasteiger partial charge in [-0.25, -0.2) is 13.1 Å². The van der Waals surface area contributed by atoms with Crippen molar-refractivity contribution in [3.8, 4) is 0 Å². The summed E-state index contributed by atoms with van der Waals surface area (Å²) in [6.07, 6.45) is 2.11. The van der Waals surface area contributed by atoms with E-state index in [1.54, 1.807) is 29.2 Å². The lowest BCUT2D eigenvalue weighted by Crippen LogP contribution is -2.30. The minimum absolute atomic E-state index is 0.0904. The second-order valence-corrected chi connectivity index (χ2v) is 8.58. The molecule has 1 N–H and O–H groups in total. The minimum atomic E-state index is -3.56. The lowest BCUT2D eigenvalue weighted by atomic mass is 10.2. The van der Waals surface area contributed by atoms with Crippen LogP contribution in [0.5, 0.6) is 0 Å². The van der Waals surface area contributed by atoms with E-state index in [-0.39, 0.29) is 10.8 Å². The van der Waals surface area contributed by atoms with Crippen molar-refractivity contribution >= 4 is 27.3 Å². The number of nitrogens with one attached hydrogen (secondary N) is 1. The van der Waals surface area contributed by atoms with E-state index in [9.17, 15) is 13.2 Å². The second kappa shape index (κ2) is 9.21. The highest BCUT2D eigenvalue weighted by molar-refractivity contribution is 7.89. The SMILES string of the molecule is CCN(CCCNS(=O)(=O)c1ccc(N2CCCC2=O)cc1)c1ccccc1. The molecule has 3 rings (SSSR count). The van der Waals surface area contributed by atoms with E-state index in [0.717, 1.165) is 30.9 Å². The van der Waals surface area contributed by atoms with Crippen molar-refractivity contribution < 1.29 is 13.2 Å². The number of hydrogen-bond donors (Lipinski definition) is 1. The standard InChI is InChI=1S/C21H27N3O3S/c1-2-23(18-8-4-3-5-9-18)16-7-15-22-28(26,27)20-13-11-19(12-14-20)24-17-6-10-21(24)25/h3-5,8-9,11-14,22H,2,6-7,10,15-17H2,1H3. The molecule has 0 unspecified atom stereocenters. The van der Waals surface area contributed by atoms with Gasteiger partial charge >= 0.3 is 0 Å². The van der Waals surface area contributed by atoms with Crippen LogP contribution in [-0.2, 0) is 14.8 Å². The van der Waals surface area contributed by atoms with Gasteiger partial charge in [0.05, 0.1) is 4.90 Å². The van der Waals surface area contributed by atoms with Gasteiger partial charge in [0.15, 0.2) is 0 Å². The van der Waals surface area contributed by atoms with E-state index in [4.69, 9.17) is 0 Å². The molecule has 0 spiro atoms. The first-order chi connectivity index (χ1) is 13.5. The summed E-state index contributed by atoms with van der Waals surface area (Å²) in [6, 6.07) is 16.6. The Hall–Kier alpha value is -2.38. The largest absolute Gasteiger partial charge is 0.372 e. The molecule has 1 fully saturated rings. The van der Waals surface area contributed by atoms with Crippen LogP contribution < -0.4 is 14.5 Å². The molecule has 1 aliphatic heterocycles. The molecule has 2 aromatic carbocycles. The number of benzene rings is 2. The Morgan fingerprint density at radius 1 is 1.07 bits per heavy atom. The Bertz CT molecular complexity index is 883. The third-order valence-corrected chi connectivity index (χ3v) is 6.41. The molecule has 1 heterocycles. The summed E-state index contributed by atoms with van der Waals surface area (Å²) in [4.78, 5) is 15.9. The van der Waals surface area contributed by atoms with Crippen LogP contribution in [0.15, 0.2) is 59.5 Å². The molecule has 0 aliphatic carbocycles. The number of para-hydroxylation sites is 1. The summed E-state index contributed by atoms with van der Waals surface area (Å²) in [6.45, 7) is 4.80. The summed E-state index contributed by atoms with van der Waals surface area (Å²) in [7, 11) is -3.56. The lowest BCUT2D eigenvalue weighted by Gasteiger charge is -2.23. The zero-order valence-corrected chi connectivity index (χ0v) is 17.0. The molecule has 28 heavy (non-hydrogen) atoms. The molecule has 0 radical (unpaired) electrons. The quantitative estimate of drug-likeness (QED) is 0.656. The molecular weight excluding hydrogens is 374 g/mol. The first-order valence-corrected chi connectivity index (χ1v) is 11.2. The first-order valence-electron chi connectivity index (χ1n) is 9.71. The average molecular weight is 402 g/mol. The van der Waals surface area contributed by atoms with Gasteiger partial charge in [-0.2, -0.15) is 0 Å². The van der Waals surface area contributed by atoms with Crippen LogP contribution >= 0.6 is 0 Å². The third kappa shape index (κ3) is 4.91. The van der Waals surface area contributed by atoms with Crippen LogP contribution in [0.4, 0.5) is 11.4 Å². The number of amides is 1. The molecule has 1 saturated heterocycles. The summed E-state index contributed by atoms with van der Waals surface area (Å²) in [5, 5.41) is 0. The number of carbonyl (C=O) groups is 1. The lowest BCUT2D eigenvalue weighted by molar-refractivity contribution is -0.117. The third-order valence-electron chi connectivity index (χ3n) is 4.93.